The maximum absolute atomic E-state index is 6.29. The molecule has 4 aromatic heterocycles. The van der Waals surface area contributed by atoms with Gasteiger partial charge in [0, 0.05) is 42.4 Å². The van der Waals surface area contributed by atoms with Gasteiger partial charge in [0.2, 0.25) is 11.8 Å². The zero-order valence-electron chi connectivity index (χ0n) is 29.0. The lowest BCUT2D eigenvalue weighted by Gasteiger charge is -2.08. The highest BCUT2D eigenvalue weighted by atomic mass is 32.1. The van der Waals surface area contributed by atoms with E-state index in [1.165, 1.54) is 15.5 Å². The number of thiophene rings is 1. The molecule has 0 saturated carbocycles. The number of fused-ring (bicyclic) bond motifs is 5. The average Bonchev–Trinajstić information content (AvgIpc) is 3.99. The SMILES string of the molecule is c1ccc(-c2nc(-c3ccccc3)nc(-c3ccc4oc(-c5ccc(-c6cccc7c6sc6c(-c8nc9ccccc9o8)cccc67)cc5)nc4c3)n2)cc1. The number of hydrogen-bond acceptors (Lipinski definition) is 8. The van der Waals surface area contributed by atoms with Crippen molar-refractivity contribution in [3.05, 3.63) is 164 Å². The Bertz CT molecular complexity index is 3110. The lowest BCUT2D eigenvalue weighted by molar-refractivity contribution is 0.619. The van der Waals surface area contributed by atoms with Crippen molar-refractivity contribution in [3.63, 3.8) is 0 Å². The topological polar surface area (TPSA) is 90.7 Å². The van der Waals surface area contributed by atoms with Crippen LogP contribution in [0.3, 0.4) is 0 Å². The highest BCUT2D eigenvalue weighted by molar-refractivity contribution is 7.26. The minimum atomic E-state index is 0.548. The van der Waals surface area contributed by atoms with Crippen LogP contribution in [0.4, 0.5) is 0 Å². The summed E-state index contributed by atoms with van der Waals surface area (Å²) in [4.78, 5) is 24.3. The fourth-order valence-electron chi connectivity index (χ4n) is 7.12. The predicted molar refractivity (Wildman–Crippen MR) is 220 cm³/mol. The van der Waals surface area contributed by atoms with Gasteiger partial charge in [-0.15, -0.1) is 11.3 Å². The van der Waals surface area contributed by atoms with E-state index in [2.05, 4.69) is 60.7 Å². The Labute approximate surface area is 318 Å². The standard InChI is InChI=1S/C47H27N5O2S/c1-3-11-29(12-4-1)43-50-44(30-13-5-2-6-14-30)52-45(51-43)32-25-26-40-38(27-32)49-46(53-40)31-23-21-28(22-24-31)33-15-9-16-34-35-17-10-18-36(42(35)55-41(33)34)47-48-37-19-7-8-20-39(37)54-47/h1-27H. The number of rotatable bonds is 6. The molecule has 258 valence electrons. The second kappa shape index (κ2) is 12.7. The highest BCUT2D eigenvalue weighted by Crippen LogP contribution is 2.44. The van der Waals surface area contributed by atoms with Gasteiger partial charge in [-0.2, -0.15) is 0 Å². The van der Waals surface area contributed by atoms with Crippen LogP contribution in [-0.4, -0.2) is 24.9 Å². The average molecular weight is 726 g/mol. The van der Waals surface area contributed by atoms with E-state index < -0.39 is 0 Å². The molecule has 0 unspecified atom stereocenters. The number of nitrogens with zero attached hydrogens (tertiary/aromatic N) is 5. The molecule has 11 aromatic rings. The first kappa shape index (κ1) is 31.3. The Morgan fingerprint density at radius 2 is 0.873 bits per heavy atom. The number of aromatic nitrogens is 5. The number of oxazole rings is 2. The fourth-order valence-corrected chi connectivity index (χ4v) is 8.46. The van der Waals surface area contributed by atoms with E-state index >= 15 is 0 Å². The lowest BCUT2D eigenvalue weighted by Crippen LogP contribution is -2.00. The molecule has 0 bridgehead atoms. The molecule has 0 N–H and O–H groups in total. The van der Waals surface area contributed by atoms with Crippen molar-refractivity contribution in [1.29, 1.82) is 0 Å². The highest BCUT2D eigenvalue weighted by Gasteiger charge is 2.18. The Balaban J connectivity index is 0.938. The Hall–Kier alpha value is -7.29. The van der Waals surface area contributed by atoms with Crippen molar-refractivity contribution < 1.29 is 8.83 Å². The van der Waals surface area contributed by atoms with Crippen molar-refractivity contribution in [2.75, 3.05) is 0 Å². The zero-order valence-corrected chi connectivity index (χ0v) is 29.9. The number of para-hydroxylation sites is 2. The molecule has 8 heteroatoms. The first-order valence-corrected chi connectivity index (χ1v) is 18.7. The fraction of sp³-hybridized carbons (Fsp3) is 0. The molecule has 0 amide bonds. The van der Waals surface area contributed by atoms with Gasteiger partial charge in [0.25, 0.3) is 0 Å². The van der Waals surface area contributed by atoms with Gasteiger partial charge in [0.15, 0.2) is 28.6 Å². The number of hydrogen-bond donors (Lipinski definition) is 0. The van der Waals surface area contributed by atoms with Gasteiger partial charge in [-0.3, -0.25) is 0 Å². The van der Waals surface area contributed by atoms with Crippen molar-refractivity contribution in [2.45, 2.75) is 0 Å². The van der Waals surface area contributed by atoms with Crippen LogP contribution in [0.15, 0.2) is 173 Å². The maximum atomic E-state index is 6.29. The zero-order chi connectivity index (χ0) is 36.3. The summed E-state index contributed by atoms with van der Waals surface area (Å²) in [5, 5.41) is 2.40. The van der Waals surface area contributed by atoms with Crippen LogP contribution in [0, 0.1) is 0 Å². The van der Waals surface area contributed by atoms with Crippen molar-refractivity contribution in [2.24, 2.45) is 0 Å². The minimum absolute atomic E-state index is 0.548. The quantitative estimate of drug-likeness (QED) is 0.168. The molecule has 0 atom stereocenters. The summed E-state index contributed by atoms with van der Waals surface area (Å²) in [6, 6.07) is 55.0. The van der Waals surface area contributed by atoms with Gasteiger partial charge >= 0.3 is 0 Å². The molecule has 0 radical (unpaired) electrons. The summed E-state index contributed by atoms with van der Waals surface area (Å²) in [5.74, 6) is 2.98. The van der Waals surface area contributed by atoms with Gasteiger partial charge in [-0.05, 0) is 59.7 Å². The van der Waals surface area contributed by atoms with Crippen LogP contribution in [0.2, 0.25) is 0 Å². The molecular weight excluding hydrogens is 699 g/mol. The Morgan fingerprint density at radius 1 is 0.345 bits per heavy atom. The molecule has 7 nitrogen and oxygen atoms in total. The van der Waals surface area contributed by atoms with E-state index in [-0.39, 0.29) is 0 Å². The smallest absolute Gasteiger partial charge is 0.228 e. The van der Waals surface area contributed by atoms with E-state index in [9.17, 15) is 0 Å². The van der Waals surface area contributed by atoms with Gasteiger partial charge in [0.05, 0.1) is 5.56 Å². The molecule has 55 heavy (non-hydrogen) atoms. The third kappa shape index (κ3) is 5.47. The Kier molecular flexibility index (Phi) is 7.21. The molecule has 0 fully saturated rings. The molecule has 7 aromatic carbocycles. The van der Waals surface area contributed by atoms with Gasteiger partial charge in [-0.25, -0.2) is 24.9 Å². The molecule has 0 aliphatic rings. The maximum Gasteiger partial charge on any atom is 0.228 e. The van der Waals surface area contributed by atoms with Gasteiger partial charge in [0.1, 0.15) is 11.0 Å². The van der Waals surface area contributed by atoms with Crippen LogP contribution in [0.5, 0.6) is 0 Å². The van der Waals surface area contributed by atoms with Crippen molar-refractivity contribution in [1.82, 2.24) is 24.9 Å². The molecule has 0 saturated heterocycles. The van der Waals surface area contributed by atoms with E-state index in [0.717, 1.165) is 60.3 Å². The Morgan fingerprint density at radius 3 is 1.56 bits per heavy atom. The second-order valence-electron chi connectivity index (χ2n) is 13.3. The third-order valence-electron chi connectivity index (χ3n) is 9.84. The molecular formula is C47H27N5O2S. The summed E-state index contributed by atoms with van der Waals surface area (Å²) < 4.78 is 14.9. The minimum Gasteiger partial charge on any atom is -0.436 e. The summed E-state index contributed by atoms with van der Waals surface area (Å²) in [7, 11) is 0. The molecule has 0 spiro atoms. The van der Waals surface area contributed by atoms with Crippen LogP contribution >= 0.6 is 11.3 Å². The summed E-state index contributed by atoms with van der Waals surface area (Å²) in [5.41, 5.74) is 9.89. The lowest BCUT2D eigenvalue weighted by atomic mass is 10.0. The normalized spacial score (nSPS) is 11.6. The third-order valence-corrected chi connectivity index (χ3v) is 11.1. The van der Waals surface area contributed by atoms with Crippen LogP contribution in [0.25, 0.3) is 111 Å². The van der Waals surface area contributed by atoms with E-state index in [0.29, 0.717) is 34.8 Å². The van der Waals surface area contributed by atoms with Crippen molar-refractivity contribution in [3.8, 4) is 68.2 Å². The number of benzene rings is 7. The van der Waals surface area contributed by atoms with E-state index in [4.69, 9.17) is 33.8 Å². The monoisotopic (exact) mass is 725 g/mol. The van der Waals surface area contributed by atoms with E-state index in [1.54, 1.807) is 11.3 Å². The first-order chi connectivity index (χ1) is 27.2. The van der Waals surface area contributed by atoms with Crippen LogP contribution in [-0.2, 0) is 0 Å². The summed E-state index contributed by atoms with van der Waals surface area (Å²) in [6.45, 7) is 0. The molecule has 0 aliphatic carbocycles. The second-order valence-corrected chi connectivity index (χ2v) is 14.3. The molecule has 11 rings (SSSR count). The molecule has 4 heterocycles. The van der Waals surface area contributed by atoms with E-state index in [1.807, 2.05) is 103 Å². The summed E-state index contributed by atoms with van der Waals surface area (Å²) in [6.07, 6.45) is 0. The van der Waals surface area contributed by atoms with Crippen LogP contribution in [0.1, 0.15) is 0 Å². The van der Waals surface area contributed by atoms with Gasteiger partial charge in [-0.1, -0.05) is 115 Å². The summed E-state index contributed by atoms with van der Waals surface area (Å²) >= 11 is 1.77. The predicted octanol–water partition coefficient (Wildman–Crippen LogP) is 12.5. The first-order valence-electron chi connectivity index (χ1n) is 17.9. The van der Waals surface area contributed by atoms with Crippen molar-refractivity contribution >= 4 is 53.7 Å². The van der Waals surface area contributed by atoms with Gasteiger partial charge < -0.3 is 8.83 Å². The largest absolute Gasteiger partial charge is 0.436 e. The molecule has 0 aliphatic heterocycles. The van der Waals surface area contributed by atoms with Crippen LogP contribution < -0.4 is 0 Å².